The van der Waals surface area contributed by atoms with Gasteiger partial charge < -0.3 is 67.1 Å². The van der Waals surface area contributed by atoms with Gasteiger partial charge in [0.05, 0.1) is 66.1 Å². The Morgan fingerprint density at radius 3 is 0.550 bits per heavy atom. The molecule has 0 atom stereocenters. The smallest absolute Gasteiger partial charge is 0.126 e. The van der Waals surface area contributed by atoms with Crippen molar-refractivity contribution in [1.29, 1.82) is 0 Å². The molecule has 2 aliphatic carbocycles. The third-order valence-corrected chi connectivity index (χ3v) is 23.7. The molecule has 2 heterocycles. The Bertz CT molecular complexity index is 4480. The van der Waals surface area contributed by atoms with Gasteiger partial charge in [-0.1, -0.05) is 263 Å². The number of hydrogen-bond donors (Lipinski definition) is 2. The maximum absolute atomic E-state index is 12.9. The molecule has 0 fully saturated rings. The number of hydrogen-bond acceptors (Lipinski definition) is 14. The predicted molar refractivity (Wildman–Crippen MR) is 487 cm³/mol. The van der Waals surface area contributed by atoms with E-state index in [1.165, 1.54) is 22.3 Å². The second kappa shape index (κ2) is 38.0. The van der Waals surface area contributed by atoms with Crippen LogP contribution in [0.5, 0.6) is 46.0 Å². The van der Waals surface area contributed by atoms with E-state index in [-0.39, 0.29) is 94.5 Å². The minimum atomic E-state index is -0.277. The van der Waals surface area contributed by atoms with Gasteiger partial charge in [-0.05, 0) is 177 Å². The van der Waals surface area contributed by atoms with E-state index in [0.29, 0.717) is 117 Å². The zero-order valence-electron chi connectivity index (χ0n) is 78.0. The summed E-state index contributed by atoms with van der Waals surface area (Å²) in [6.45, 7) is 59.3. The summed E-state index contributed by atoms with van der Waals surface area (Å²) in [7, 11) is 3.44. The first-order chi connectivity index (χ1) is 56.3. The molecule has 4 aliphatic rings. The Hall–Kier alpha value is -8.08. The molecule has 8 aromatic rings. The van der Waals surface area contributed by atoms with Crippen LogP contribution in [0, 0.1) is 0 Å². The van der Waals surface area contributed by atoms with Crippen molar-refractivity contribution < 1.29 is 67.1 Å². The van der Waals surface area contributed by atoms with Crippen LogP contribution in [0.2, 0.25) is 0 Å². The first kappa shape index (κ1) is 92.6. The number of methoxy groups -OCH3 is 2. The number of rotatable bonds is 8. The molecule has 2 N–H and O–H groups in total. The number of benzene rings is 8. The molecule has 0 amide bonds. The molecule has 20 bridgehead atoms. The largest absolute Gasteiger partial charge is 0.507 e. The molecule has 12 rings (SSSR count). The van der Waals surface area contributed by atoms with Crippen LogP contribution >= 0.6 is 0 Å². The van der Waals surface area contributed by atoms with Gasteiger partial charge in [0.2, 0.25) is 0 Å². The van der Waals surface area contributed by atoms with Crippen LogP contribution in [-0.4, -0.2) is 130 Å². The third kappa shape index (κ3) is 23.4. The van der Waals surface area contributed by atoms with Gasteiger partial charge in [0.25, 0.3) is 0 Å². The summed E-state index contributed by atoms with van der Waals surface area (Å²) in [4.78, 5) is 0. The van der Waals surface area contributed by atoms with Crippen molar-refractivity contribution in [3.05, 3.63) is 231 Å². The van der Waals surface area contributed by atoms with Crippen LogP contribution in [0.1, 0.15) is 300 Å². The highest BCUT2D eigenvalue weighted by Crippen LogP contribution is 2.48. The summed E-state index contributed by atoms with van der Waals surface area (Å²) in [5.74, 6) is 5.17. The topological polar surface area (TPSA) is 151 Å². The normalized spacial score (nSPS) is 15.8. The molecule has 0 aromatic heterocycles. The minimum absolute atomic E-state index is 0.212. The zero-order valence-corrected chi connectivity index (χ0v) is 78.0. The van der Waals surface area contributed by atoms with Crippen molar-refractivity contribution in [2.45, 2.75) is 261 Å². The lowest BCUT2D eigenvalue weighted by atomic mass is 9.79. The fourth-order valence-corrected chi connectivity index (χ4v) is 16.3. The van der Waals surface area contributed by atoms with Gasteiger partial charge in [-0.15, -0.1) is 0 Å². The molecule has 2 aliphatic heterocycles. The van der Waals surface area contributed by atoms with E-state index in [1.54, 1.807) is 14.2 Å². The Balaban J connectivity index is 1.06. The third-order valence-electron chi connectivity index (χ3n) is 23.7. The summed E-state index contributed by atoms with van der Waals surface area (Å²) in [6.07, 6.45) is 3.51. The second-order valence-electron chi connectivity index (χ2n) is 42.0. The molecule has 0 saturated carbocycles. The van der Waals surface area contributed by atoms with Crippen molar-refractivity contribution in [2.24, 2.45) is 0 Å². The van der Waals surface area contributed by atoms with Crippen LogP contribution < -0.4 is 28.4 Å². The zero-order chi connectivity index (χ0) is 87.2. The first-order valence-electron chi connectivity index (χ1n) is 44.0. The summed E-state index contributed by atoms with van der Waals surface area (Å²) in [5.41, 5.74) is 22.4. The van der Waals surface area contributed by atoms with Gasteiger partial charge in [0, 0.05) is 65.6 Å². The lowest BCUT2D eigenvalue weighted by molar-refractivity contribution is 0.0269. The van der Waals surface area contributed by atoms with E-state index in [9.17, 15) is 10.2 Å². The van der Waals surface area contributed by atoms with E-state index in [0.717, 1.165) is 146 Å². The Labute approximate surface area is 720 Å². The molecule has 120 heavy (non-hydrogen) atoms. The van der Waals surface area contributed by atoms with E-state index >= 15 is 0 Å². The fourth-order valence-electron chi connectivity index (χ4n) is 16.3. The summed E-state index contributed by atoms with van der Waals surface area (Å²) >= 11 is 0. The fraction of sp³-hybridized carbons (Fsp3) is 0.547. The second-order valence-corrected chi connectivity index (χ2v) is 42.0. The van der Waals surface area contributed by atoms with Crippen molar-refractivity contribution >= 4 is 0 Å². The van der Waals surface area contributed by atoms with Crippen molar-refractivity contribution in [3.63, 3.8) is 0 Å². The lowest BCUT2D eigenvalue weighted by Crippen LogP contribution is -2.19. The van der Waals surface area contributed by atoms with E-state index in [4.69, 9.17) is 56.8 Å². The van der Waals surface area contributed by atoms with Gasteiger partial charge in [0.1, 0.15) is 85.6 Å². The Kier molecular flexibility index (Phi) is 29.3. The highest BCUT2D eigenvalue weighted by molar-refractivity contribution is 5.63. The minimum Gasteiger partial charge on any atom is -0.507 e. The molecule has 0 unspecified atom stereocenters. The number of phenolic OH excluding ortho intramolecular Hbond substituents is 2. The average molecular weight is 1640 g/mol. The maximum Gasteiger partial charge on any atom is 0.126 e. The van der Waals surface area contributed by atoms with Gasteiger partial charge >= 0.3 is 0 Å². The molecule has 8 aromatic carbocycles. The molecule has 14 nitrogen and oxygen atoms in total. The molecular weight excluding hydrogens is 1500 g/mol. The Morgan fingerprint density at radius 2 is 0.367 bits per heavy atom. The first-order valence-corrected chi connectivity index (χ1v) is 44.0. The van der Waals surface area contributed by atoms with E-state index in [1.807, 2.05) is 0 Å². The monoisotopic (exact) mass is 1640 g/mol. The number of fused-ring (bicyclic) bond motifs is 22. The van der Waals surface area contributed by atoms with Gasteiger partial charge in [0.15, 0.2) is 0 Å². The Morgan fingerprint density at radius 1 is 0.217 bits per heavy atom. The SMILES string of the molecule is COCCOc1c2cc(C(C)(C)C)cc1Cc1cc(C(C)(C)C)cc3c1OCCOCCOCCOc1c4cc(C(C)(C)C)cc1Cc1cc(C(C)(C)C)cc(c1OCCOCCOCCOc1c(cc(C(C)(C)C)cc1Cc1cc(C(C)(C)C)cc(c1OCCOC)C3)C2)Cc1cc(C(C)(C)C)cc(c1O)Cc1cc(C(C)(C)C)cc(c1O)C4. The van der Waals surface area contributed by atoms with Gasteiger partial charge in [-0.3, -0.25) is 0 Å². The number of phenols is 2. The van der Waals surface area contributed by atoms with Crippen LogP contribution in [0.15, 0.2) is 97.1 Å². The lowest BCUT2D eigenvalue weighted by Gasteiger charge is -2.29. The highest BCUT2D eigenvalue weighted by atomic mass is 16.6. The van der Waals surface area contributed by atoms with E-state index < -0.39 is 0 Å². The van der Waals surface area contributed by atoms with Crippen LogP contribution in [0.25, 0.3) is 0 Å². The average Bonchev–Trinajstić information content (AvgIpc) is 0.770. The summed E-state index contributed by atoms with van der Waals surface area (Å²) in [5, 5.41) is 25.7. The van der Waals surface area contributed by atoms with Crippen LogP contribution in [-0.2, 0) is 123 Å². The molecule has 0 spiro atoms. The van der Waals surface area contributed by atoms with Gasteiger partial charge in [-0.2, -0.15) is 0 Å². The maximum atomic E-state index is 12.9. The molecule has 652 valence electrons. The number of aromatic hydroxyl groups is 2. The van der Waals surface area contributed by atoms with Crippen LogP contribution in [0.3, 0.4) is 0 Å². The number of ether oxygens (including phenoxy) is 12. The van der Waals surface area contributed by atoms with E-state index in [2.05, 4.69) is 263 Å². The standard InChI is InChI=1S/C106H144O14/c1-99(2,3)83-51-67-43-68-52-84(100(4,5)6)54-70(92(68)108)45-72-56-86(102(10,11)12)58-74-46-73-57-85(101(7,8)9)55-71(44-69(53-83)91(67)107)93(73)117-39-33-111-29-31-113-35-41-119-97-79-47-75-59-87(103(13,14)15)61-77(95(75)115-37-27-109-25)49-81-65-90(106(22,23)24)66-82(98(81)120-42-36-114-32-30-112-34-40-118-94(72)74)50-78-62-88(104(16,17)18)60-76(96(78)116-38-28-110-26)48-80(97)64-89(63-79)105(19,20)21/h51-66,107-108H,27-50H2,1-26H3. The van der Waals surface area contributed by atoms with Crippen molar-refractivity contribution in [3.8, 4) is 46.0 Å². The predicted octanol–water partition coefficient (Wildman–Crippen LogP) is 22.2. The quantitative estimate of drug-likeness (QED) is 0.110. The highest BCUT2D eigenvalue weighted by Gasteiger charge is 2.34. The van der Waals surface area contributed by atoms with Crippen molar-refractivity contribution in [1.82, 2.24) is 0 Å². The summed E-state index contributed by atoms with van der Waals surface area (Å²) < 4.78 is 81.1. The van der Waals surface area contributed by atoms with Crippen LogP contribution in [0.4, 0.5) is 0 Å². The molecule has 0 radical (unpaired) electrons. The molecular formula is C106H144O14. The molecule has 0 saturated heterocycles. The van der Waals surface area contributed by atoms with Gasteiger partial charge in [-0.25, -0.2) is 0 Å². The summed E-state index contributed by atoms with van der Waals surface area (Å²) in [6, 6.07) is 36.6. The van der Waals surface area contributed by atoms with Crippen molar-refractivity contribution in [2.75, 3.05) is 120 Å². The molecule has 14 heteroatoms.